The molecule has 0 unspecified atom stereocenters. The molecule has 10 atom stereocenters. The fourth-order valence-electron chi connectivity index (χ4n) is 9.51. The molecule has 186 valence electrons. The summed E-state index contributed by atoms with van der Waals surface area (Å²) in [7, 11) is 0. The quantitative estimate of drug-likeness (QED) is 0.535. The summed E-state index contributed by atoms with van der Waals surface area (Å²) in [4.78, 5) is 28.9. The van der Waals surface area contributed by atoms with Crippen molar-refractivity contribution in [2.75, 3.05) is 6.54 Å². The number of carbonyl (C=O) groups excluding carboxylic acids is 2. The van der Waals surface area contributed by atoms with Crippen LogP contribution in [0.15, 0.2) is 22.8 Å². The molecule has 2 heterocycles. The average molecular weight is 468 g/mol. The Labute approximate surface area is 204 Å². The third kappa shape index (κ3) is 2.86. The van der Waals surface area contributed by atoms with E-state index in [-0.39, 0.29) is 41.4 Å². The van der Waals surface area contributed by atoms with Crippen molar-refractivity contribution in [3.63, 3.8) is 0 Å². The fourth-order valence-corrected chi connectivity index (χ4v) is 9.51. The van der Waals surface area contributed by atoms with Gasteiger partial charge >= 0.3 is 0 Å². The Balaban J connectivity index is 1.39. The number of ketones is 1. The van der Waals surface area contributed by atoms with E-state index < -0.39 is 5.60 Å². The van der Waals surface area contributed by atoms with Crippen LogP contribution in [-0.2, 0) is 14.3 Å². The Hall–Kier alpha value is -1.46. The highest BCUT2D eigenvalue weighted by atomic mass is 16.5. The first-order valence-corrected chi connectivity index (χ1v) is 13.7. The summed E-state index contributed by atoms with van der Waals surface area (Å²) in [5.41, 5.74) is 3.00. The van der Waals surface area contributed by atoms with E-state index in [2.05, 4.69) is 38.7 Å². The minimum absolute atomic E-state index is 0.0397. The van der Waals surface area contributed by atoms with E-state index in [9.17, 15) is 14.7 Å². The van der Waals surface area contributed by atoms with Crippen molar-refractivity contribution >= 4 is 11.7 Å². The lowest BCUT2D eigenvalue weighted by Crippen LogP contribution is -2.53. The Morgan fingerprint density at radius 1 is 1.24 bits per heavy atom. The molecule has 0 aromatic rings. The van der Waals surface area contributed by atoms with Gasteiger partial charge in [0, 0.05) is 30.9 Å². The number of allylic oxidation sites excluding steroid dienone is 2. The molecule has 4 aliphatic carbocycles. The second-order valence-corrected chi connectivity index (χ2v) is 12.8. The van der Waals surface area contributed by atoms with Crippen LogP contribution in [0.1, 0.15) is 79.6 Å². The van der Waals surface area contributed by atoms with E-state index >= 15 is 0 Å². The van der Waals surface area contributed by atoms with Gasteiger partial charge in [-0.05, 0) is 80.6 Å². The first-order valence-electron chi connectivity index (χ1n) is 13.7. The molecule has 0 aromatic heterocycles. The predicted molar refractivity (Wildman–Crippen MR) is 130 cm³/mol. The number of hydrogen-bond acceptors (Lipinski definition) is 4. The molecule has 2 saturated carbocycles. The van der Waals surface area contributed by atoms with Crippen molar-refractivity contribution < 1.29 is 19.4 Å². The molecule has 5 heteroatoms. The molecule has 6 aliphatic rings. The maximum Gasteiger partial charge on any atom is 0.219 e. The topological polar surface area (TPSA) is 66.8 Å². The minimum Gasteiger partial charge on any atom is -0.393 e. The van der Waals surface area contributed by atoms with Gasteiger partial charge < -0.3 is 14.7 Å². The van der Waals surface area contributed by atoms with Crippen LogP contribution < -0.4 is 0 Å². The normalized spacial score (nSPS) is 50.0. The number of hydrogen-bond donors (Lipinski definition) is 1. The van der Waals surface area contributed by atoms with Gasteiger partial charge in [-0.3, -0.25) is 9.59 Å². The molecule has 1 amide bonds. The summed E-state index contributed by atoms with van der Waals surface area (Å²) in [5, 5.41) is 10.3. The number of likely N-dealkylation sites (tertiary alicyclic amines) is 1. The standard InChI is InChI=1S/C29H41NO4/c1-15-12-23-26(30(14-15)18(4)31)17(3)29(34-23)11-9-21-22-7-6-19-13-20(32)8-10-28(19,5)25(22)27(33)24(21)16(29)2/h6,15,17,20-23,25-26,32H,7-14H2,1-5H3/t15-,17+,20-,21-,22-,23+,25+,26-,28-,29-/m0/s1. The van der Waals surface area contributed by atoms with Crippen molar-refractivity contribution in [1.82, 2.24) is 4.90 Å². The van der Waals surface area contributed by atoms with E-state index in [0.29, 0.717) is 23.5 Å². The summed E-state index contributed by atoms with van der Waals surface area (Å²) in [6.07, 6.45) is 8.47. The molecule has 6 rings (SSSR count). The molecule has 4 fully saturated rings. The third-order valence-corrected chi connectivity index (χ3v) is 11.1. The maximum atomic E-state index is 14.2. The maximum absolute atomic E-state index is 14.2. The predicted octanol–water partition coefficient (Wildman–Crippen LogP) is 4.44. The van der Waals surface area contributed by atoms with Gasteiger partial charge in [0.25, 0.3) is 0 Å². The van der Waals surface area contributed by atoms with Crippen LogP contribution in [0.3, 0.4) is 0 Å². The molecule has 0 aromatic carbocycles. The fraction of sp³-hybridized carbons (Fsp3) is 0.793. The van der Waals surface area contributed by atoms with Gasteiger partial charge in [0.05, 0.1) is 23.9 Å². The molecular weight excluding hydrogens is 426 g/mol. The first kappa shape index (κ1) is 23.0. The third-order valence-electron chi connectivity index (χ3n) is 11.1. The van der Waals surface area contributed by atoms with Gasteiger partial charge in [0.15, 0.2) is 5.78 Å². The van der Waals surface area contributed by atoms with Crippen molar-refractivity contribution in [1.29, 1.82) is 0 Å². The summed E-state index contributed by atoms with van der Waals surface area (Å²) in [6, 6.07) is 0.102. The first-order chi connectivity index (χ1) is 16.1. The van der Waals surface area contributed by atoms with Crippen molar-refractivity contribution in [3.05, 3.63) is 22.8 Å². The number of nitrogens with zero attached hydrogens (tertiary/aromatic N) is 1. The second-order valence-electron chi connectivity index (χ2n) is 12.8. The molecule has 1 N–H and O–H groups in total. The number of rotatable bonds is 0. The zero-order valence-electron chi connectivity index (χ0n) is 21.5. The molecular formula is C29H41NO4. The smallest absolute Gasteiger partial charge is 0.219 e. The van der Waals surface area contributed by atoms with Crippen LogP contribution in [0.25, 0.3) is 0 Å². The lowest BCUT2D eigenvalue weighted by molar-refractivity contribution is -0.137. The Bertz CT molecular complexity index is 998. The van der Waals surface area contributed by atoms with Gasteiger partial charge in [-0.2, -0.15) is 0 Å². The summed E-state index contributed by atoms with van der Waals surface area (Å²) in [5.74, 6) is 1.86. The van der Waals surface area contributed by atoms with Crippen LogP contribution in [0.4, 0.5) is 0 Å². The van der Waals surface area contributed by atoms with Gasteiger partial charge in [-0.25, -0.2) is 0 Å². The van der Waals surface area contributed by atoms with Crippen molar-refractivity contribution in [3.8, 4) is 0 Å². The molecule has 2 saturated heterocycles. The number of Topliss-reactive ketones (excluding diaryl/α,β-unsaturated/α-hetero) is 1. The number of aliphatic hydroxyl groups excluding tert-OH is 1. The SMILES string of the molecule is CC(=O)N1C[C@@H](C)C[C@H]2O[C@]3(CC[C@@H]4C(=C3C)C(=O)[C@H]3[C@H]4CC=C4C[C@@H](O)CC[C@@]43C)[C@H](C)[C@@H]21. The van der Waals surface area contributed by atoms with E-state index in [4.69, 9.17) is 4.74 Å². The molecule has 34 heavy (non-hydrogen) atoms. The van der Waals surface area contributed by atoms with Crippen molar-refractivity contribution in [2.45, 2.75) is 103 Å². The Kier molecular flexibility index (Phi) is 5.08. The van der Waals surface area contributed by atoms with E-state index in [1.54, 1.807) is 6.92 Å². The van der Waals surface area contributed by atoms with Crippen LogP contribution in [0.2, 0.25) is 0 Å². The lowest BCUT2D eigenvalue weighted by atomic mass is 9.56. The summed E-state index contributed by atoms with van der Waals surface area (Å²) < 4.78 is 6.97. The zero-order valence-corrected chi connectivity index (χ0v) is 21.5. The molecule has 0 bridgehead atoms. The van der Waals surface area contributed by atoms with E-state index in [1.165, 1.54) is 11.1 Å². The number of ether oxygens (including phenoxy) is 1. The van der Waals surface area contributed by atoms with Crippen LogP contribution >= 0.6 is 0 Å². The monoisotopic (exact) mass is 467 g/mol. The number of piperidine rings is 1. The van der Waals surface area contributed by atoms with E-state index in [1.807, 2.05) is 0 Å². The molecule has 0 radical (unpaired) electrons. The molecule has 1 spiro atoms. The average Bonchev–Trinajstić information content (AvgIpc) is 3.23. The van der Waals surface area contributed by atoms with Gasteiger partial charge in [0.1, 0.15) is 0 Å². The number of carbonyl (C=O) groups is 2. The van der Waals surface area contributed by atoms with Gasteiger partial charge in [-0.1, -0.05) is 32.4 Å². The minimum atomic E-state index is -0.429. The highest BCUT2D eigenvalue weighted by Crippen LogP contribution is 2.64. The highest BCUT2D eigenvalue weighted by molar-refractivity contribution is 6.02. The van der Waals surface area contributed by atoms with Crippen LogP contribution in [-0.4, -0.2) is 52.1 Å². The highest BCUT2D eigenvalue weighted by Gasteiger charge is 2.64. The van der Waals surface area contributed by atoms with Gasteiger partial charge in [0.2, 0.25) is 5.91 Å². The Morgan fingerprint density at radius 3 is 2.74 bits per heavy atom. The number of amides is 1. The Morgan fingerprint density at radius 2 is 2.00 bits per heavy atom. The summed E-state index contributed by atoms with van der Waals surface area (Å²) in [6.45, 7) is 11.4. The second kappa shape index (κ2) is 7.52. The van der Waals surface area contributed by atoms with Crippen LogP contribution in [0.5, 0.6) is 0 Å². The molecule has 2 aliphatic heterocycles. The van der Waals surface area contributed by atoms with Gasteiger partial charge in [-0.15, -0.1) is 0 Å². The number of fused-ring (bicyclic) bond motifs is 6. The zero-order chi connectivity index (χ0) is 24.2. The summed E-state index contributed by atoms with van der Waals surface area (Å²) >= 11 is 0. The van der Waals surface area contributed by atoms with Crippen molar-refractivity contribution in [2.24, 2.45) is 35.0 Å². The van der Waals surface area contributed by atoms with Crippen LogP contribution in [0, 0.1) is 35.0 Å². The number of aliphatic hydroxyl groups is 1. The lowest BCUT2D eigenvalue weighted by Gasteiger charge is -2.48. The largest absolute Gasteiger partial charge is 0.393 e. The van der Waals surface area contributed by atoms with E-state index in [0.717, 1.165) is 57.1 Å². The molecule has 5 nitrogen and oxygen atoms in total.